The van der Waals surface area contributed by atoms with Crippen molar-refractivity contribution in [3.8, 4) is 0 Å². The van der Waals surface area contributed by atoms with Gasteiger partial charge in [-0.2, -0.15) is 11.3 Å². The van der Waals surface area contributed by atoms with Crippen LogP contribution >= 0.6 is 11.3 Å². The highest BCUT2D eigenvalue weighted by Crippen LogP contribution is 2.11. The zero-order valence-corrected chi connectivity index (χ0v) is 14.6. The maximum absolute atomic E-state index is 12.9. The van der Waals surface area contributed by atoms with Crippen molar-refractivity contribution in [3.63, 3.8) is 0 Å². The first-order valence-electron chi connectivity index (χ1n) is 8.21. The predicted octanol–water partition coefficient (Wildman–Crippen LogP) is 2.08. The molecule has 7 heteroatoms. The van der Waals surface area contributed by atoms with Gasteiger partial charge < -0.3 is 10.2 Å². The molecule has 1 aliphatic heterocycles. The highest BCUT2D eigenvalue weighted by atomic mass is 32.1. The van der Waals surface area contributed by atoms with Gasteiger partial charge in [-0.05, 0) is 35.7 Å². The fraction of sp³-hybridized carbons (Fsp3) is 0.333. The topological polar surface area (TPSA) is 52.7 Å². The number of amides is 2. The molecule has 1 aromatic heterocycles. The van der Waals surface area contributed by atoms with Gasteiger partial charge in [0.05, 0.1) is 5.56 Å². The number of nitrogens with one attached hydrogen (secondary N) is 1. The van der Waals surface area contributed by atoms with Gasteiger partial charge in [0.25, 0.3) is 11.8 Å². The minimum Gasteiger partial charge on any atom is -0.351 e. The Kier molecular flexibility index (Phi) is 5.78. The van der Waals surface area contributed by atoms with E-state index in [1.54, 1.807) is 0 Å². The minimum absolute atomic E-state index is 0.0884. The quantitative estimate of drug-likeness (QED) is 0.887. The fourth-order valence-corrected chi connectivity index (χ4v) is 3.40. The van der Waals surface area contributed by atoms with E-state index in [-0.39, 0.29) is 17.6 Å². The van der Waals surface area contributed by atoms with E-state index in [0.29, 0.717) is 25.2 Å². The van der Waals surface area contributed by atoms with Crippen molar-refractivity contribution in [1.82, 2.24) is 15.1 Å². The first kappa shape index (κ1) is 17.6. The first-order chi connectivity index (χ1) is 12.1. The lowest BCUT2D eigenvalue weighted by Gasteiger charge is -2.34. The smallest absolute Gasteiger partial charge is 0.254 e. The Morgan fingerprint density at radius 1 is 1.04 bits per heavy atom. The van der Waals surface area contributed by atoms with Crippen molar-refractivity contribution in [2.24, 2.45) is 0 Å². The number of piperazine rings is 1. The molecule has 0 atom stereocenters. The molecule has 0 unspecified atom stereocenters. The van der Waals surface area contributed by atoms with Gasteiger partial charge in [-0.3, -0.25) is 14.5 Å². The van der Waals surface area contributed by atoms with Gasteiger partial charge in [-0.1, -0.05) is 0 Å². The molecule has 0 aliphatic carbocycles. The van der Waals surface area contributed by atoms with Crippen LogP contribution < -0.4 is 5.32 Å². The molecule has 5 nitrogen and oxygen atoms in total. The Labute approximate surface area is 150 Å². The number of nitrogens with zero attached hydrogens (tertiary/aromatic N) is 2. The highest BCUT2D eigenvalue weighted by Gasteiger charge is 2.22. The summed E-state index contributed by atoms with van der Waals surface area (Å²) in [5, 5.41) is 6.62. The normalized spacial score (nSPS) is 15.2. The molecule has 0 bridgehead atoms. The summed E-state index contributed by atoms with van der Waals surface area (Å²) in [5.74, 6) is -0.469. The van der Waals surface area contributed by atoms with Crippen LogP contribution in [0.15, 0.2) is 41.1 Å². The third kappa shape index (κ3) is 4.64. The van der Waals surface area contributed by atoms with Crippen molar-refractivity contribution < 1.29 is 14.0 Å². The molecule has 1 saturated heterocycles. The van der Waals surface area contributed by atoms with Crippen LogP contribution in [0, 0.1) is 5.82 Å². The second kappa shape index (κ2) is 8.22. The Morgan fingerprint density at radius 3 is 2.40 bits per heavy atom. The maximum Gasteiger partial charge on any atom is 0.254 e. The molecule has 0 spiro atoms. The Hall–Kier alpha value is -2.25. The van der Waals surface area contributed by atoms with E-state index in [2.05, 4.69) is 10.2 Å². The molecule has 0 saturated carbocycles. The molecule has 1 N–H and O–H groups in total. The monoisotopic (exact) mass is 361 g/mol. The van der Waals surface area contributed by atoms with Gasteiger partial charge >= 0.3 is 0 Å². The summed E-state index contributed by atoms with van der Waals surface area (Å²) < 4.78 is 12.9. The van der Waals surface area contributed by atoms with Crippen LogP contribution in [-0.4, -0.2) is 60.9 Å². The minimum atomic E-state index is -0.355. The van der Waals surface area contributed by atoms with E-state index in [4.69, 9.17) is 0 Å². The standard InChI is InChI=1S/C18H20FN3O2S/c19-16-3-1-14(2-4-16)17(23)20-6-7-21-8-10-22(11-9-21)18(24)15-5-12-25-13-15/h1-5,12-13H,6-11H2,(H,20,23). The SMILES string of the molecule is O=C(NCCN1CCN(C(=O)c2ccsc2)CC1)c1ccc(F)cc1. The predicted molar refractivity (Wildman–Crippen MR) is 95.4 cm³/mol. The van der Waals surface area contributed by atoms with Crippen molar-refractivity contribution >= 4 is 23.2 Å². The van der Waals surface area contributed by atoms with Gasteiger partial charge in [0.15, 0.2) is 0 Å². The van der Waals surface area contributed by atoms with Gasteiger partial charge in [0.1, 0.15) is 5.82 Å². The number of benzene rings is 1. The van der Waals surface area contributed by atoms with Crippen LogP contribution in [0.1, 0.15) is 20.7 Å². The molecule has 25 heavy (non-hydrogen) atoms. The van der Waals surface area contributed by atoms with Gasteiger partial charge in [-0.25, -0.2) is 4.39 Å². The highest BCUT2D eigenvalue weighted by molar-refractivity contribution is 7.08. The number of hydrogen-bond acceptors (Lipinski definition) is 4. The summed E-state index contributed by atoms with van der Waals surface area (Å²) >= 11 is 1.53. The molecular weight excluding hydrogens is 341 g/mol. The van der Waals surface area contributed by atoms with Crippen LogP contribution in [0.4, 0.5) is 4.39 Å². The largest absolute Gasteiger partial charge is 0.351 e. The van der Waals surface area contributed by atoms with E-state index in [9.17, 15) is 14.0 Å². The van der Waals surface area contributed by atoms with E-state index in [1.165, 1.54) is 35.6 Å². The number of halogens is 1. The zero-order valence-electron chi connectivity index (χ0n) is 13.8. The maximum atomic E-state index is 12.9. The van der Waals surface area contributed by atoms with Crippen molar-refractivity contribution in [2.75, 3.05) is 39.3 Å². The third-order valence-corrected chi connectivity index (χ3v) is 4.93. The molecule has 1 fully saturated rings. The van der Waals surface area contributed by atoms with Gasteiger partial charge in [0.2, 0.25) is 0 Å². The van der Waals surface area contributed by atoms with Crippen LogP contribution in [0.5, 0.6) is 0 Å². The molecule has 2 aromatic rings. The van der Waals surface area contributed by atoms with E-state index in [0.717, 1.165) is 25.2 Å². The van der Waals surface area contributed by atoms with Crippen LogP contribution in [0.25, 0.3) is 0 Å². The summed E-state index contributed by atoms with van der Waals surface area (Å²) in [4.78, 5) is 28.3. The van der Waals surface area contributed by atoms with E-state index in [1.807, 2.05) is 21.7 Å². The molecule has 0 radical (unpaired) electrons. The Morgan fingerprint density at radius 2 is 1.76 bits per heavy atom. The second-order valence-electron chi connectivity index (χ2n) is 5.91. The van der Waals surface area contributed by atoms with Crippen molar-refractivity contribution in [1.29, 1.82) is 0 Å². The lowest BCUT2D eigenvalue weighted by atomic mass is 10.2. The first-order valence-corrected chi connectivity index (χ1v) is 9.15. The van der Waals surface area contributed by atoms with Crippen LogP contribution in [0.2, 0.25) is 0 Å². The summed E-state index contributed by atoms with van der Waals surface area (Å²) in [7, 11) is 0. The van der Waals surface area contributed by atoms with Gasteiger partial charge in [-0.15, -0.1) is 0 Å². The molecule has 3 rings (SSSR count). The Bertz CT molecular complexity index is 710. The average Bonchev–Trinajstić information content (AvgIpc) is 3.17. The molecule has 1 aromatic carbocycles. The number of hydrogen-bond donors (Lipinski definition) is 1. The zero-order chi connectivity index (χ0) is 17.6. The summed E-state index contributed by atoms with van der Waals surface area (Å²) in [6.45, 7) is 4.23. The number of carbonyl (C=O) groups is 2. The lowest BCUT2D eigenvalue weighted by Crippen LogP contribution is -2.50. The average molecular weight is 361 g/mol. The van der Waals surface area contributed by atoms with Crippen molar-refractivity contribution in [2.45, 2.75) is 0 Å². The van der Waals surface area contributed by atoms with Crippen LogP contribution in [-0.2, 0) is 0 Å². The fourth-order valence-electron chi connectivity index (χ4n) is 2.77. The van der Waals surface area contributed by atoms with Crippen LogP contribution in [0.3, 0.4) is 0 Å². The second-order valence-corrected chi connectivity index (χ2v) is 6.69. The van der Waals surface area contributed by atoms with E-state index < -0.39 is 0 Å². The molecular formula is C18H20FN3O2S. The third-order valence-electron chi connectivity index (χ3n) is 4.25. The molecule has 132 valence electrons. The summed E-state index contributed by atoms with van der Waals surface area (Å²) in [5.41, 5.74) is 1.21. The number of thiophene rings is 1. The Balaban J connectivity index is 1.38. The number of carbonyl (C=O) groups excluding carboxylic acids is 2. The molecule has 2 heterocycles. The summed E-state index contributed by atoms with van der Waals surface area (Å²) in [6.07, 6.45) is 0. The molecule has 1 aliphatic rings. The lowest BCUT2D eigenvalue weighted by molar-refractivity contribution is 0.0638. The van der Waals surface area contributed by atoms with Gasteiger partial charge in [0, 0.05) is 50.2 Å². The van der Waals surface area contributed by atoms with Crippen molar-refractivity contribution in [3.05, 3.63) is 58.0 Å². The summed E-state index contributed by atoms with van der Waals surface area (Å²) in [6, 6.07) is 7.35. The van der Waals surface area contributed by atoms with E-state index >= 15 is 0 Å². The number of rotatable bonds is 5. The molecule has 2 amide bonds.